The summed E-state index contributed by atoms with van der Waals surface area (Å²) in [7, 11) is -1.09. The number of hydrogen-bond acceptors (Lipinski definition) is 3. The Balaban J connectivity index is 2.39. The zero-order valence-corrected chi connectivity index (χ0v) is 8.45. The van der Waals surface area contributed by atoms with Crippen LogP contribution in [0.2, 0.25) is 0 Å². The van der Waals surface area contributed by atoms with Crippen LogP contribution < -0.4 is 0 Å². The van der Waals surface area contributed by atoms with Crippen LogP contribution in [0.25, 0.3) is 11.5 Å². The second kappa shape index (κ2) is 3.75. The second-order valence-electron chi connectivity index (χ2n) is 2.81. The van der Waals surface area contributed by atoms with Crippen molar-refractivity contribution in [3.05, 3.63) is 36.6 Å². The summed E-state index contributed by atoms with van der Waals surface area (Å²) >= 11 is 0. The van der Waals surface area contributed by atoms with Crippen molar-refractivity contribution in [3.8, 4) is 11.5 Å². The molecular weight excluding hydrogens is 198 g/mol. The molecule has 1 unspecified atom stereocenters. The fraction of sp³-hybridized carbons (Fsp3) is 0.100. The van der Waals surface area contributed by atoms with Crippen LogP contribution in [0.5, 0.6) is 0 Å². The Morgan fingerprint density at radius 1 is 1.29 bits per heavy atom. The molecule has 0 saturated carbocycles. The molecular formula is C10H9NO2S. The molecule has 4 heteroatoms. The topological polar surface area (TPSA) is 43.1 Å². The summed E-state index contributed by atoms with van der Waals surface area (Å²) in [6.45, 7) is 0. The van der Waals surface area contributed by atoms with Gasteiger partial charge in [0.2, 0.25) is 5.89 Å². The summed E-state index contributed by atoms with van der Waals surface area (Å²) in [4.78, 5) is 4.11. The number of oxazole rings is 1. The molecule has 0 aliphatic carbocycles. The van der Waals surface area contributed by atoms with E-state index in [1.54, 1.807) is 6.26 Å². The van der Waals surface area contributed by atoms with Crippen LogP contribution >= 0.6 is 0 Å². The third-order valence-electron chi connectivity index (χ3n) is 1.80. The first-order valence-electron chi connectivity index (χ1n) is 4.12. The minimum Gasteiger partial charge on any atom is -0.443 e. The quantitative estimate of drug-likeness (QED) is 0.757. The predicted molar refractivity (Wildman–Crippen MR) is 54.3 cm³/mol. The van der Waals surface area contributed by atoms with E-state index in [-0.39, 0.29) is 0 Å². The fourth-order valence-electron chi connectivity index (χ4n) is 1.10. The molecule has 1 aromatic carbocycles. The minimum atomic E-state index is -1.09. The van der Waals surface area contributed by atoms with E-state index in [1.165, 1.54) is 6.26 Å². The molecule has 1 heterocycles. The molecule has 1 atom stereocenters. The Morgan fingerprint density at radius 2 is 2.00 bits per heavy atom. The van der Waals surface area contributed by atoms with Crippen molar-refractivity contribution in [2.24, 2.45) is 0 Å². The van der Waals surface area contributed by atoms with Gasteiger partial charge in [-0.3, -0.25) is 4.21 Å². The van der Waals surface area contributed by atoms with Gasteiger partial charge in [-0.25, -0.2) is 4.98 Å². The first kappa shape index (κ1) is 9.15. The van der Waals surface area contributed by atoms with Crippen LogP contribution in [0.15, 0.2) is 46.0 Å². The van der Waals surface area contributed by atoms with Crippen molar-refractivity contribution in [2.75, 3.05) is 6.26 Å². The Bertz CT molecular complexity index is 450. The van der Waals surface area contributed by atoms with Gasteiger partial charge in [-0.1, -0.05) is 18.2 Å². The van der Waals surface area contributed by atoms with E-state index in [0.29, 0.717) is 10.9 Å². The van der Waals surface area contributed by atoms with E-state index < -0.39 is 10.8 Å². The lowest BCUT2D eigenvalue weighted by molar-refractivity contribution is 0.571. The van der Waals surface area contributed by atoms with Crippen LogP contribution in [-0.4, -0.2) is 15.4 Å². The normalized spacial score (nSPS) is 12.6. The molecule has 0 saturated heterocycles. The highest BCUT2D eigenvalue weighted by atomic mass is 32.2. The van der Waals surface area contributed by atoms with Crippen LogP contribution in [0.3, 0.4) is 0 Å². The predicted octanol–water partition coefficient (Wildman–Crippen LogP) is 2.08. The molecule has 0 aliphatic rings. The standard InChI is InChI=1S/C10H9NO2S/c1-14(12)9-7-13-10(11-9)8-5-3-2-4-6-8/h2-7H,1H3. The van der Waals surface area contributed by atoms with Crippen LogP contribution in [-0.2, 0) is 10.8 Å². The first-order chi connectivity index (χ1) is 6.77. The van der Waals surface area contributed by atoms with Crippen LogP contribution in [0.4, 0.5) is 0 Å². The van der Waals surface area contributed by atoms with Crippen molar-refractivity contribution in [2.45, 2.75) is 5.03 Å². The first-order valence-corrected chi connectivity index (χ1v) is 5.67. The van der Waals surface area contributed by atoms with Gasteiger partial charge in [0, 0.05) is 11.8 Å². The summed E-state index contributed by atoms with van der Waals surface area (Å²) in [5.41, 5.74) is 0.893. The average molecular weight is 207 g/mol. The molecule has 72 valence electrons. The summed E-state index contributed by atoms with van der Waals surface area (Å²) in [5, 5.41) is 0.476. The molecule has 14 heavy (non-hydrogen) atoms. The Labute approximate surface area is 84.2 Å². The van der Waals surface area contributed by atoms with Crippen molar-refractivity contribution < 1.29 is 8.63 Å². The van der Waals surface area contributed by atoms with Gasteiger partial charge in [-0.05, 0) is 12.1 Å². The molecule has 0 N–H and O–H groups in total. The maximum atomic E-state index is 11.1. The zero-order chi connectivity index (χ0) is 9.97. The van der Waals surface area contributed by atoms with Gasteiger partial charge in [-0.15, -0.1) is 0 Å². The van der Waals surface area contributed by atoms with Crippen molar-refractivity contribution in [3.63, 3.8) is 0 Å². The highest BCUT2D eigenvalue weighted by Crippen LogP contribution is 2.18. The average Bonchev–Trinajstić information content (AvgIpc) is 2.68. The summed E-state index contributed by atoms with van der Waals surface area (Å²) < 4.78 is 16.3. The largest absolute Gasteiger partial charge is 0.443 e. The van der Waals surface area contributed by atoms with E-state index in [1.807, 2.05) is 30.3 Å². The van der Waals surface area contributed by atoms with Gasteiger partial charge in [0.25, 0.3) is 0 Å². The maximum absolute atomic E-state index is 11.1. The molecule has 2 rings (SSSR count). The smallest absolute Gasteiger partial charge is 0.227 e. The van der Waals surface area contributed by atoms with E-state index in [0.717, 1.165) is 5.56 Å². The fourth-order valence-corrected chi connectivity index (χ4v) is 1.50. The Kier molecular flexibility index (Phi) is 2.45. The second-order valence-corrected chi connectivity index (χ2v) is 4.14. The van der Waals surface area contributed by atoms with Crippen molar-refractivity contribution in [1.29, 1.82) is 0 Å². The molecule has 3 nitrogen and oxygen atoms in total. The summed E-state index contributed by atoms with van der Waals surface area (Å²) in [5.74, 6) is 0.510. The number of benzene rings is 1. The maximum Gasteiger partial charge on any atom is 0.227 e. The molecule has 0 fully saturated rings. The third-order valence-corrected chi connectivity index (χ3v) is 2.57. The Hall–Kier alpha value is -1.42. The van der Waals surface area contributed by atoms with Crippen LogP contribution in [0, 0.1) is 0 Å². The molecule has 0 bridgehead atoms. The SMILES string of the molecule is CS(=O)c1coc(-c2ccccc2)n1. The third kappa shape index (κ3) is 1.75. The van der Waals surface area contributed by atoms with Crippen molar-refractivity contribution >= 4 is 10.8 Å². The zero-order valence-electron chi connectivity index (χ0n) is 7.64. The van der Waals surface area contributed by atoms with Crippen molar-refractivity contribution in [1.82, 2.24) is 4.98 Å². The number of hydrogen-bond donors (Lipinski definition) is 0. The van der Waals surface area contributed by atoms with E-state index in [4.69, 9.17) is 4.42 Å². The molecule has 0 radical (unpaired) electrons. The molecule has 2 aromatic rings. The van der Waals surface area contributed by atoms with E-state index in [9.17, 15) is 4.21 Å². The van der Waals surface area contributed by atoms with Crippen LogP contribution in [0.1, 0.15) is 0 Å². The highest BCUT2D eigenvalue weighted by Gasteiger charge is 2.07. The summed E-state index contributed by atoms with van der Waals surface area (Å²) in [6, 6.07) is 9.53. The summed E-state index contributed by atoms with van der Waals surface area (Å²) in [6.07, 6.45) is 3.01. The lowest BCUT2D eigenvalue weighted by Crippen LogP contribution is -1.86. The highest BCUT2D eigenvalue weighted by molar-refractivity contribution is 7.84. The molecule has 0 aliphatic heterocycles. The number of aromatic nitrogens is 1. The molecule has 1 aromatic heterocycles. The van der Waals surface area contributed by atoms with Gasteiger partial charge in [-0.2, -0.15) is 0 Å². The Morgan fingerprint density at radius 3 is 2.57 bits per heavy atom. The van der Waals surface area contributed by atoms with Gasteiger partial charge < -0.3 is 4.42 Å². The molecule has 0 spiro atoms. The minimum absolute atomic E-state index is 0.476. The van der Waals surface area contributed by atoms with Gasteiger partial charge in [0.1, 0.15) is 6.26 Å². The van der Waals surface area contributed by atoms with Gasteiger partial charge in [0.05, 0.1) is 10.8 Å². The van der Waals surface area contributed by atoms with E-state index >= 15 is 0 Å². The number of nitrogens with zero attached hydrogens (tertiary/aromatic N) is 1. The van der Waals surface area contributed by atoms with Gasteiger partial charge >= 0.3 is 0 Å². The monoisotopic (exact) mass is 207 g/mol. The lowest BCUT2D eigenvalue weighted by atomic mass is 10.2. The number of rotatable bonds is 2. The van der Waals surface area contributed by atoms with E-state index in [2.05, 4.69) is 4.98 Å². The molecule has 0 amide bonds. The lowest BCUT2D eigenvalue weighted by Gasteiger charge is -1.91. The van der Waals surface area contributed by atoms with Gasteiger partial charge in [0.15, 0.2) is 5.03 Å².